The van der Waals surface area contributed by atoms with E-state index < -0.39 is 11.8 Å². The quantitative estimate of drug-likeness (QED) is 0.552. The van der Waals surface area contributed by atoms with E-state index in [2.05, 4.69) is 10.9 Å². The molecule has 0 saturated carbocycles. The molecule has 0 saturated heterocycles. The van der Waals surface area contributed by atoms with Crippen LogP contribution in [0.5, 0.6) is 11.5 Å². The number of hydrazine groups is 1. The number of halogens is 1. The third kappa shape index (κ3) is 6.77. The van der Waals surface area contributed by atoms with Gasteiger partial charge in [0.25, 0.3) is 11.8 Å². The summed E-state index contributed by atoms with van der Waals surface area (Å²) in [6.07, 6.45) is 0. The Hall–Kier alpha value is -4.02. The fourth-order valence-corrected chi connectivity index (χ4v) is 2.59. The third-order valence-electron chi connectivity index (χ3n) is 4.10. The van der Waals surface area contributed by atoms with Gasteiger partial charge in [0.15, 0.2) is 6.61 Å². The van der Waals surface area contributed by atoms with Crippen molar-refractivity contribution in [1.29, 1.82) is 5.26 Å². The van der Waals surface area contributed by atoms with Crippen LogP contribution in [0.3, 0.4) is 0 Å². The molecule has 0 aliphatic carbocycles. The van der Waals surface area contributed by atoms with Crippen molar-refractivity contribution in [1.82, 2.24) is 10.9 Å². The van der Waals surface area contributed by atoms with E-state index in [0.29, 0.717) is 34.3 Å². The zero-order valence-electron chi connectivity index (χ0n) is 16.3. The molecule has 31 heavy (non-hydrogen) atoms. The minimum atomic E-state index is -0.523. The normalized spacial score (nSPS) is 9.94. The second-order valence-electron chi connectivity index (χ2n) is 6.37. The molecule has 2 amide bonds. The maximum atomic E-state index is 12.2. The van der Waals surface area contributed by atoms with E-state index in [-0.39, 0.29) is 6.61 Å². The van der Waals surface area contributed by atoms with Gasteiger partial charge in [0.1, 0.15) is 18.1 Å². The summed E-state index contributed by atoms with van der Waals surface area (Å²) in [6, 6.07) is 22.2. The summed E-state index contributed by atoms with van der Waals surface area (Å²) < 4.78 is 11.0. The first-order valence-corrected chi connectivity index (χ1v) is 9.61. The Labute approximate surface area is 184 Å². The smallest absolute Gasteiger partial charge is 0.276 e. The standard InChI is InChI=1S/C23H18ClN3O4/c24-19-7-11-21(12-8-19)30-14-17-1-5-18(6-2-17)23(29)27-26-22(28)15-31-20-9-3-16(13-25)4-10-20/h1-12H,14-15H2,(H,26,28)(H,27,29). The number of amides is 2. The Kier molecular flexibility index (Phi) is 7.46. The third-order valence-corrected chi connectivity index (χ3v) is 4.36. The number of hydrogen-bond acceptors (Lipinski definition) is 5. The molecular formula is C23H18ClN3O4. The molecule has 0 aliphatic heterocycles. The van der Waals surface area contributed by atoms with Crippen LogP contribution < -0.4 is 20.3 Å². The monoisotopic (exact) mass is 435 g/mol. The van der Waals surface area contributed by atoms with Gasteiger partial charge in [-0.3, -0.25) is 20.4 Å². The maximum Gasteiger partial charge on any atom is 0.276 e. The van der Waals surface area contributed by atoms with Crippen molar-refractivity contribution in [2.75, 3.05) is 6.61 Å². The van der Waals surface area contributed by atoms with Crippen molar-refractivity contribution < 1.29 is 19.1 Å². The molecule has 0 heterocycles. The molecule has 0 spiro atoms. The van der Waals surface area contributed by atoms with Gasteiger partial charge in [-0.05, 0) is 66.2 Å². The highest BCUT2D eigenvalue weighted by Crippen LogP contribution is 2.17. The van der Waals surface area contributed by atoms with Crippen LogP contribution in [0.25, 0.3) is 0 Å². The Morgan fingerprint density at radius 3 is 2.10 bits per heavy atom. The van der Waals surface area contributed by atoms with Gasteiger partial charge < -0.3 is 9.47 Å². The number of carbonyl (C=O) groups is 2. The lowest BCUT2D eigenvalue weighted by molar-refractivity contribution is -0.123. The number of nitriles is 1. The summed E-state index contributed by atoms with van der Waals surface area (Å²) in [4.78, 5) is 24.0. The molecule has 0 fully saturated rings. The van der Waals surface area contributed by atoms with Crippen LogP contribution in [0, 0.1) is 11.3 Å². The van der Waals surface area contributed by atoms with Gasteiger partial charge in [-0.25, -0.2) is 0 Å². The average molecular weight is 436 g/mol. The second kappa shape index (κ2) is 10.7. The van der Waals surface area contributed by atoms with Crippen molar-refractivity contribution in [3.8, 4) is 17.6 Å². The highest BCUT2D eigenvalue weighted by atomic mass is 35.5. The Morgan fingerprint density at radius 2 is 1.45 bits per heavy atom. The SMILES string of the molecule is N#Cc1ccc(OCC(=O)NNC(=O)c2ccc(COc3ccc(Cl)cc3)cc2)cc1. The second-order valence-corrected chi connectivity index (χ2v) is 6.80. The predicted molar refractivity (Wildman–Crippen MR) is 114 cm³/mol. The molecule has 3 aromatic rings. The molecule has 8 heteroatoms. The Bertz CT molecular complexity index is 1080. The number of nitrogens with zero attached hydrogens (tertiary/aromatic N) is 1. The highest BCUT2D eigenvalue weighted by molar-refractivity contribution is 6.30. The molecular weight excluding hydrogens is 418 g/mol. The Balaban J connectivity index is 1.41. The number of rotatable bonds is 7. The minimum Gasteiger partial charge on any atom is -0.489 e. The highest BCUT2D eigenvalue weighted by Gasteiger charge is 2.08. The lowest BCUT2D eigenvalue weighted by Gasteiger charge is -2.10. The van der Waals surface area contributed by atoms with E-state index >= 15 is 0 Å². The summed E-state index contributed by atoms with van der Waals surface area (Å²) >= 11 is 5.84. The Morgan fingerprint density at radius 1 is 0.839 bits per heavy atom. The molecule has 0 radical (unpaired) electrons. The maximum absolute atomic E-state index is 12.2. The van der Waals surface area contributed by atoms with E-state index in [9.17, 15) is 9.59 Å². The average Bonchev–Trinajstić information content (AvgIpc) is 2.81. The van der Waals surface area contributed by atoms with Crippen LogP contribution in [0.4, 0.5) is 0 Å². The number of nitrogens with one attached hydrogen (secondary N) is 2. The first-order chi connectivity index (χ1) is 15.0. The van der Waals surface area contributed by atoms with Crippen LogP contribution in [0.15, 0.2) is 72.8 Å². The number of benzene rings is 3. The van der Waals surface area contributed by atoms with Gasteiger partial charge in [0.05, 0.1) is 11.6 Å². The molecule has 3 rings (SSSR count). The summed E-state index contributed by atoms with van der Waals surface area (Å²) in [5, 5.41) is 9.39. The van der Waals surface area contributed by atoms with E-state index in [4.69, 9.17) is 26.3 Å². The van der Waals surface area contributed by atoms with Crippen LogP contribution in [-0.4, -0.2) is 18.4 Å². The minimum absolute atomic E-state index is 0.285. The predicted octanol–water partition coefficient (Wildman–Crippen LogP) is 3.63. The van der Waals surface area contributed by atoms with Crippen molar-refractivity contribution in [3.05, 3.63) is 94.5 Å². The van der Waals surface area contributed by atoms with Crippen LogP contribution in [0.2, 0.25) is 5.02 Å². The lowest BCUT2D eigenvalue weighted by Crippen LogP contribution is -2.43. The number of hydrogen-bond donors (Lipinski definition) is 2. The van der Waals surface area contributed by atoms with Crippen molar-refractivity contribution in [2.24, 2.45) is 0 Å². The van der Waals surface area contributed by atoms with Crippen LogP contribution in [-0.2, 0) is 11.4 Å². The molecule has 0 bridgehead atoms. The molecule has 7 nitrogen and oxygen atoms in total. The molecule has 0 unspecified atom stereocenters. The van der Waals surface area contributed by atoms with E-state index in [1.807, 2.05) is 6.07 Å². The van der Waals surface area contributed by atoms with Gasteiger partial charge in [0.2, 0.25) is 0 Å². The molecule has 0 atom stereocenters. The van der Waals surface area contributed by atoms with Crippen molar-refractivity contribution >= 4 is 23.4 Å². The molecule has 2 N–H and O–H groups in total. The lowest BCUT2D eigenvalue weighted by atomic mass is 10.1. The van der Waals surface area contributed by atoms with Gasteiger partial charge in [-0.2, -0.15) is 5.26 Å². The summed E-state index contributed by atoms with van der Waals surface area (Å²) in [6.45, 7) is 0.0557. The van der Waals surface area contributed by atoms with Gasteiger partial charge >= 0.3 is 0 Å². The molecule has 156 valence electrons. The van der Waals surface area contributed by atoms with Crippen molar-refractivity contribution in [2.45, 2.75) is 6.61 Å². The van der Waals surface area contributed by atoms with E-state index in [1.165, 1.54) is 0 Å². The van der Waals surface area contributed by atoms with Crippen LogP contribution in [0.1, 0.15) is 21.5 Å². The van der Waals surface area contributed by atoms with Gasteiger partial charge in [-0.15, -0.1) is 0 Å². The first kappa shape index (κ1) is 21.7. The molecule has 0 aliphatic rings. The fraction of sp³-hybridized carbons (Fsp3) is 0.0870. The van der Waals surface area contributed by atoms with Gasteiger partial charge in [-0.1, -0.05) is 23.7 Å². The van der Waals surface area contributed by atoms with Crippen LogP contribution >= 0.6 is 11.6 Å². The fourth-order valence-electron chi connectivity index (χ4n) is 2.46. The number of carbonyl (C=O) groups excluding carboxylic acids is 2. The molecule has 3 aromatic carbocycles. The van der Waals surface area contributed by atoms with Crippen molar-refractivity contribution in [3.63, 3.8) is 0 Å². The zero-order chi connectivity index (χ0) is 22.1. The van der Waals surface area contributed by atoms with E-state index in [1.54, 1.807) is 72.8 Å². The number of ether oxygens (including phenoxy) is 2. The topological polar surface area (TPSA) is 100 Å². The summed E-state index contributed by atoms with van der Waals surface area (Å²) in [5.41, 5.74) is 6.37. The largest absolute Gasteiger partial charge is 0.489 e. The zero-order valence-corrected chi connectivity index (χ0v) is 17.1. The summed E-state index contributed by atoms with van der Waals surface area (Å²) in [7, 11) is 0. The molecule has 0 aromatic heterocycles. The summed E-state index contributed by atoms with van der Waals surface area (Å²) in [5.74, 6) is 0.150. The first-order valence-electron chi connectivity index (χ1n) is 9.23. The van der Waals surface area contributed by atoms with E-state index in [0.717, 1.165) is 5.56 Å². The van der Waals surface area contributed by atoms with Gasteiger partial charge in [0, 0.05) is 10.6 Å².